The Hall–Kier alpha value is -1.35. The van der Waals surface area contributed by atoms with Crippen LogP contribution in [0.5, 0.6) is 0 Å². The Bertz CT molecular complexity index is 410. The Balaban J connectivity index is 1.78. The zero-order chi connectivity index (χ0) is 14.4. The lowest BCUT2D eigenvalue weighted by molar-refractivity contribution is -0.123. The molecule has 0 aliphatic heterocycles. The van der Waals surface area contributed by atoms with Crippen LogP contribution in [0.4, 0.5) is 0 Å². The quantitative estimate of drug-likeness (QED) is 0.867. The van der Waals surface area contributed by atoms with Crippen molar-refractivity contribution in [2.75, 3.05) is 0 Å². The maximum atomic E-state index is 11.9. The largest absolute Gasteiger partial charge is 0.352 e. The molecule has 1 atom stereocenters. The summed E-state index contributed by atoms with van der Waals surface area (Å²) in [7, 11) is 0. The van der Waals surface area contributed by atoms with E-state index < -0.39 is 0 Å². The van der Waals surface area contributed by atoms with Crippen molar-refractivity contribution in [1.82, 2.24) is 5.32 Å². The predicted molar refractivity (Wildman–Crippen MR) is 82.5 cm³/mol. The second kappa shape index (κ2) is 7.44. The van der Waals surface area contributed by atoms with Crippen LogP contribution in [0.3, 0.4) is 0 Å². The summed E-state index contributed by atoms with van der Waals surface area (Å²) in [5.41, 5.74) is 7.28. The molecule has 0 heterocycles. The zero-order valence-electron chi connectivity index (χ0n) is 12.3. The van der Waals surface area contributed by atoms with Gasteiger partial charge in [-0.2, -0.15) is 0 Å². The Labute approximate surface area is 121 Å². The van der Waals surface area contributed by atoms with Crippen LogP contribution in [0.1, 0.15) is 56.9 Å². The van der Waals surface area contributed by atoms with E-state index in [0.717, 1.165) is 38.5 Å². The number of amides is 1. The van der Waals surface area contributed by atoms with E-state index in [1.165, 1.54) is 5.56 Å². The van der Waals surface area contributed by atoms with Crippen molar-refractivity contribution >= 4 is 5.91 Å². The topological polar surface area (TPSA) is 55.1 Å². The van der Waals surface area contributed by atoms with Gasteiger partial charge in [-0.1, -0.05) is 43.7 Å². The van der Waals surface area contributed by atoms with E-state index in [1.54, 1.807) is 0 Å². The fourth-order valence-electron chi connectivity index (χ4n) is 3.05. The lowest BCUT2D eigenvalue weighted by atomic mass is 9.81. The lowest BCUT2D eigenvalue weighted by Gasteiger charge is -2.30. The van der Waals surface area contributed by atoms with Crippen molar-refractivity contribution in [3.63, 3.8) is 0 Å². The number of rotatable bonds is 5. The van der Waals surface area contributed by atoms with Crippen LogP contribution in [0.15, 0.2) is 30.3 Å². The fourth-order valence-corrected chi connectivity index (χ4v) is 3.05. The maximum Gasteiger partial charge on any atom is 0.237 e. The minimum absolute atomic E-state index is 0.0232. The van der Waals surface area contributed by atoms with Gasteiger partial charge in [-0.25, -0.2) is 0 Å². The van der Waals surface area contributed by atoms with E-state index in [2.05, 4.69) is 42.6 Å². The van der Waals surface area contributed by atoms with Crippen molar-refractivity contribution in [3.8, 4) is 0 Å². The van der Waals surface area contributed by atoms with E-state index >= 15 is 0 Å². The van der Waals surface area contributed by atoms with Gasteiger partial charge in [0.2, 0.25) is 5.91 Å². The number of carbonyl (C=O) groups excluding carboxylic acids is 1. The normalized spacial score (nSPS) is 24.1. The van der Waals surface area contributed by atoms with Gasteiger partial charge in [0.05, 0.1) is 6.04 Å². The average molecular weight is 274 g/mol. The molecule has 1 saturated carbocycles. The second-order valence-electron chi connectivity index (χ2n) is 5.86. The molecule has 3 N–H and O–H groups in total. The fraction of sp³-hybridized carbons (Fsp3) is 0.588. The van der Waals surface area contributed by atoms with Gasteiger partial charge in [0, 0.05) is 6.04 Å². The van der Waals surface area contributed by atoms with Crippen LogP contribution < -0.4 is 11.1 Å². The first-order valence-corrected chi connectivity index (χ1v) is 7.81. The van der Waals surface area contributed by atoms with Gasteiger partial charge in [0.25, 0.3) is 0 Å². The molecular formula is C17H26N2O. The summed E-state index contributed by atoms with van der Waals surface area (Å²) in [4.78, 5) is 11.9. The Kier molecular flexibility index (Phi) is 5.60. The molecule has 3 heteroatoms. The average Bonchev–Trinajstić information content (AvgIpc) is 2.49. The highest BCUT2D eigenvalue weighted by Crippen LogP contribution is 2.32. The monoisotopic (exact) mass is 274 g/mol. The number of nitrogens with one attached hydrogen (secondary N) is 1. The van der Waals surface area contributed by atoms with E-state index in [1.807, 2.05) is 0 Å². The Morgan fingerprint density at radius 1 is 1.25 bits per heavy atom. The molecule has 1 fully saturated rings. The van der Waals surface area contributed by atoms with Gasteiger partial charge >= 0.3 is 0 Å². The molecule has 1 aliphatic rings. The van der Waals surface area contributed by atoms with E-state index in [0.29, 0.717) is 12.0 Å². The number of benzene rings is 1. The summed E-state index contributed by atoms with van der Waals surface area (Å²) >= 11 is 0. The minimum Gasteiger partial charge on any atom is -0.352 e. The number of hydrogen-bond donors (Lipinski definition) is 2. The standard InChI is InChI=1S/C17H26N2O/c1-2-6-16(18)17(20)19-15-11-9-14(10-12-15)13-7-4-3-5-8-13/h3-5,7-8,14-16H,2,6,9-12,18H2,1H3,(H,19,20)/t14?,15?,16-/m0/s1. The third-order valence-electron chi connectivity index (χ3n) is 4.28. The highest BCUT2D eigenvalue weighted by Gasteiger charge is 2.24. The maximum absolute atomic E-state index is 11.9. The molecule has 1 aliphatic carbocycles. The molecular weight excluding hydrogens is 248 g/mol. The molecule has 1 amide bonds. The summed E-state index contributed by atoms with van der Waals surface area (Å²) in [5.74, 6) is 0.670. The highest BCUT2D eigenvalue weighted by atomic mass is 16.2. The van der Waals surface area contributed by atoms with Crippen LogP contribution >= 0.6 is 0 Å². The van der Waals surface area contributed by atoms with Crippen molar-refractivity contribution in [3.05, 3.63) is 35.9 Å². The first-order valence-electron chi connectivity index (χ1n) is 7.81. The smallest absolute Gasteiger partial charge is 0.237 e. The Morgan fingerprint density at radius 3 is 2.50 bits per heavy atom. The van der Waals surface area contributed by atoms with E-state index in [4.69, 9.17) is 5.73 Å². The molecule has 1 aromatic carbocycles. The third kappa shape index (κ3) is 4.07. The SMILES string of the molecule is CCC[C@H](N)C(=O)NC1CCC(c2ccccc2)CC1. The molecule has 0 aromatic heterocycles. The first-order chi connectivity index (χ1) is 9.70. The Morgan fingerprint density at radius 2 is 1.90 bits per heavy atom. The first kappa shape index (κ1) is 15.0. The van der Waals surface area contributed by atoms with E-state index in [-0.39, 0.29) is 11.9 Å². The third-order valence-corrected chi connectivity index (χ3v) is 4.28. The zero-order valence-corrected chi connectivity index (χ0v) is 12.3. The molecule has 0 radical (unpaired) electrons. The summed E-state index contributed by atoms with van der Waals surface area (Å²) in [6.45, 7) is 2.05. The summed E-state index contributed by atoms with van der Waals surface area (Å²) in [6.07, 6.45) is 6.14. The van der Waals surface area contributed by atoms with Gasteiger partial charge in [-0.3, -0.25) is 4.79 Å². The van der Waals surface area contributed by atoms with Gasteiger partial charge in [0.1, 0.15) is 0 Å². The molecule has 0 saturated heterocycles. The second-order valence-corrected chi connectivity index (χ2v) is 5.86. The van der Waals surface area contributed by atoms with Crippen LogP contribution in [-0.4, -0.2) is 18.0 Å². The number of hydrogen-bond acceptors (Lipinski definition) is 2. The van der Waals surface area contributed by atoms with Crippen LogP contribution in [0.2, 0.25) is 0 Å². The van der Waals surface area contributed by atoms with Gasteiger partial charge < -0.3 is 11.1 Å². The lowest BCUT2D eigenvalue weighted by Crippen LogP contribution is -2.46. The minimum atomic E-state index is -0.341. The molecule has 0 spiro atoms. The van der Waals surface area contributed by atoms with Crippen molar-refractivity contribution in [2.45, 2.75) is 63.5 Å². The number of carbonyl (C=O) groups is 1. The number of nitrogens with two attached hydrogens (primary N) is 1. The molecule has 110 valence electrons. The van der Waals surface area contributed by atoms with Crippen molar-refractivity contribution in [2.24, 2.45) is 5.73 Å². The predicted octanol–water partition coefficient (Wildman–Crippen LogP) is 2.96. The van der Waals surface area contributed by atoms with Gasteiger partial charge in [-0.15, -0.1) is 0 Å². The summed E-state index contributed by atoms with van der Waals surface area (Å²) in [6, 6.07) is 10.7. The molecule has 0 bridgehead atoms. The van der Waals surface area contributed by atoms with Crippen LogP contribution in [-0.2, 0) is 4.79 Å². The molecule has 3 nitrogen and oxygen atoms in total. The van der Waals surface area contributed by atoms with Gasteiger partial charge in [0.15, 0.2) is 0 Å². The van der Waals surface area contributed by atoms with Gasteiger partial charge in [-0.05, 0) is 43.6 Å². The molecule has 20 heavy (non-hydrogen) atoms. The van der Waals surface area contributed by atoms with Crippen molar-refractivity contribution < 1.29 is 4.79 Å². The summed E-state index contributed by atoms with van der Waals surface area (Å²) < 4.78 is 0. The van der Waals surface area contributed by atoms with Crippen LogP contribution in [0, 0.1) is 0 Å². The molecule has 1 aromatic rings. The van der Waals surface area contributed by atoms with E-state index in [9.17, 15) is 4.79 Å². The summed E-state index contributed by atoms with van der Waals surface area (Å²) in [5, 5.41) is 3.11. The molecule has 2 rings (SSSR count). The van der Waals surface area contributed by atoms with Crippen LogP contribution in [0.25, 0.3) is 0 Å². The molecule has 0 unspecified atom stereocenters. The van der Waals surface area contributed by atoms with Crippen molar-refractivity contribution in [1.29, 1.82) is 0 Å². The highest BCUT2D eigenvalue weighted by molar-refractivity contribution is 5.81.